The summed E-state index contributed by atoms with van der Waals surface area (Å²) in [5, 5.41) is 8.61. The number of hydrogen-bond donors (Lipinski definition) is 2. The highest BCUT2D eigenvalue weighted by Crippen LogP contribution is 2.39. The number of nitrogens with zero attached hydrogens (tertiary/aromatic N) is 1. The zero-order chi connectivity index (χ0) is 17.7. The van der Waals surface area contributed by atoms with Gasteiger partial charge in [-0.05, 0) is 24.8 Å². The van der Waals surface area contributed by atoms with Crippen LogP contribution in [0.1, 0.15) is 41.1 Å². The fraction of sp³-hybridized carbons (Fsp3) is 0.385. The Morgan fingerprint density at radius 1 is 1.46 bits per heavy atom. The monoisotopic (exact) mass is 379 g/mol. The van der Waals surface area contributed by atoms with Crippen molar-refractivity contribution in [3.8, 4) is 0 Å². The summed E-state index contributed by atoms with van der Waals surface area (Å²) in [7, 11) is -3.43. The van der Waals surface area contributed by atoms with Gasteiger partial charge in [-0.1, -0.05) is 0 Å². The van der Waals surface area contributed by atoms with Crippen molar-refractivity contribution < 1.29 is 26.4 Å². The molecule has 24 heavy (non-hydrogen) atoms. The summed E-state index contributed by atoms with van der Waals surface area (Å²) in [4.78, 5) is 12.1. The van der Waals surface area contributed by atoms with E-state index in [0.717, 1.165) is 11.3 Å². The van der Waals surface area contributed by atoms with Gasteiger partial charge in [0.1, 0.15) is 9.90 Å². The lowest BCUT2D eigenvalue weighted by molar-refractivity contribution is -0.141. The number of H-pyrrole nitrogens is 1. The van der Waals surface area contributed by atoms with Crippen LogP contribution in [0.25, 0.3) is 0 Å². The molecule has 0 unspecified atom stereocenters. The molecule has 3 heterocycles. The van der Waals surface area contributed by atoms with Crippen molar-refractivity contribution in [3.05, 3.63) is 34.5 Å². The van der Waals surface area contributed by atoms with Crippen LogP contribution in [-0.2, 0) is 16.0 Å². The smallest absolute Gasteiger partial charge is 0.344 e. The van der Waals surface area contributed by atoms with E-state index in [4.69, 9.17) is 0 Å². The highest BCUT2D eigenvalue weighted by molar-refractivity contribution is 7.94. The van der Waals surface area contributed by atoms with Gasteiger partial charge in [0.15, 0.2) is 15.5 Å². The van der Waals surface area contributed by atoms with E-state index in [1.54, 1.807) is 16.5 Å². The Morgan fingerprint density at radius 2 is 2.17 bits per heavy atom. The second-order valence-corrected chi connectivity index (χ2v) is 8.92. The number of carbonyl (C=O) groups is 1. The number of nitrogens with one attached hydrogen (secondary N) is 2. The van der Waals surface area contributed by atoms with Gasteiger partial charge >= 0.3 is 6.18 Å². The largest absolute Gasteiger partial charge is 0.432 e. The van der Waals surface area contributed by atoms with Gasteiger partial charge in [-0.2, -0.15) is 18.3 Å². The Balaban J connectivity index is 1.84. The van der Waals surface area contributed by atoms with Crippen molar-refractivity contribution in [2.45, 2.75) is 35.0 Å². The van der Waals surface area contributed by atoms with E-state index in [0.29, 0.717) is 11.6 Å². The first kappa shape index (κ1) is 17.0. The number of amides is 1. The lowest BCUT2D eigenvalue weighted by Crippen LogP contribution is -2.36. The molecule has 0 bridgehead atoms. The molecule has 0 saturated heterocycles. The number of aromatic nitrogens is 2. The van der Waals surface area contributed by atoms with Crippen LogP contribution in [-0.4, -0.2) is 29.8 Å². The van der Waals surface area contributed by atoms with Gasteiger partial charge in [-0.25, -0.2) is 8.42 Å². The molecule has 3 rings (SSSR count). The van der Waals surface area contributed by atoms with Crippen LogP contribution in [0.15, 0.2) is 21.7 Å². The average Bonchev–Trinajstić information content (AvgIpc) is 3.13. The van der Waals surface area contributed by atoms with Gasteiger partial charge in [0.05, 0.1) is 11.3 Å². The van der Waals surface area contributed by atoms with E-state index >= 15 is 0 Å². The van der Waals surface area contributed by atoms with Gasteiger partial charge in [0.2, 0.25) is 0 Å². The maximum Gasteiger partial charge on any atom is 0.432 e. The molecule has 0 saturated carbocycles. The molecule has 0 radical (unpaired) electrons. The van der Waals surface area contributed by atoms with E-state index in [2.05, 4.69) is 10.4 Å². The lowest BCUT2D eigenvalue weighted by Gasteiger charge is -2.27. The molecule has 1 amide bonds. The first-order chi connectivity index (χ1) is 11.1. The van der Waals surface area contributed by atoms with Gasteiger partial charge in [-0.15, -0.1) is 11.3 Å². The van der Waals surface area contributed by atoms with Gasteiger partial charge in [-0.3, -0.25) is 9.89 Å². The van der Waals surface area contributed by atoms with Gasteiger partial charge < -0.3 is 5.32 Å². The maximum absolute atomic E-state index is 12.5. The summed E-state index contributed by atoms with van der Waals surface area (Å²) in [6.45, 7) is 1.54. The number of rotatable bonds is 2. The zero-order valence-corrected chi connectivity index (χ0v) is 13.8. The lowest BCUT2D eigenvalue weighted by atomic mass is 10.0. The Morgan fingerprint density at radius 3 is 2.79 bits per heavy atom. The third kappa shape index (κ3) is 2.81. The maximum atomic E-state index is 12.5. The number of fused-ring (bicyclic) bond motifs is 1. The van der Waals surface area contributed by atoms with Crippen LogP contribution in [0.2, 0.25) is 0 Å². The standard InChI is InChI=1S/C13H12F3N3O3S2/c1-6-4-8(7-2-3-23-12(7)24(6,21)22)17-11(20)9-5-10(19-18-9)13(14,15)16/h2-3,5-6,8H,4H2,1H3,(H,17,20)(H,18,19)/t6-,8-/m0/s1. The molecule has 2 aromatic rings. The summed E-state index contributed by atoms with van der Waals surface area (Å²) in [6, 6.07) is 1.62. The highest BCUT2D eigenvalue weighted by Gasteiger charge is 2.39. The molecule has 0 spiro atoms. The van der Waals surface area contributed by atoms with Crippen LogP contribution in [0.3, 0.4) is 0 Å². The fourth-order valence-corrected chi connectivity index (χ4v) is 5.75. The number of aromatic amines is 1. The molecule has 1 aliphatic rings. The second-order valence-electron chi connectivity index (χ2n) is 5.45. The van der Waals surface area contributed by atoms with E-state index in [-0.39, 0.29) is 10.6 Å². The van der Waals surface area contributed by atoms with Gasteiger partial charge in [0.25, 0.3) is 5.91 Å². The zero-order valence-electron chi connectivity index (χ0n) is 12.2. The molecule has 6 nitrogen and oxygen atoms in total. The number of sulfone groups is 1. The fourth-order valence-electron chi connectivity index (χ4n) is 2.52. The SMILES string of the molecule is C[C@H]1C[C@H](NC(=O)c2cc(C(F)(F)F)[nH]n2)c2ccsc2S1(=O)=O. The number of carbonyl (C=O) groups excluding carboxylic acids is 1. The molecule has 2 N–H and O–H groups in total. The topological polar surface area (TPSA) is 91.9 Å². The summed E-state index contributed by atoms with van der Waals surface area (Å²) in [5.41, 5.74) is -1.07. The molecule has 1 aliphatic heterocycles. The highest BCUT2D eigenvalue weighted by atomic mass is 32.2. The first-order valence-electron chi connectivity index (χ1n) is 6.85. The Labute approximate surface area is 139 Å². The van der Waals surface area contributed by atoms with Crippen molar-refractivity contribution in [2.75, 3.05) is 0 Å². The molecule has 130 valence electrons. The van der Waals surface area contributed by atoms with Crippen LogP contribution in [0.5, 0.6) is 0 Å². The van der Waals surface area contributed by atoms with E-state index in [1.807, 2.05) is 0 Å². The quantitative estimate of drug-likeness (QED) is 0.839. The van der Waals surface area contributed by atoms with Crippen molar-refractivity contribution in [1.29, 1.82) is 0 Å². The minimum absolute atomic E-state index is 0.147. The van der Waals surface area contributed by atoms with E-state index in [1.165, 1.54) is 6.92 Å². The summed E-state index contributed by atoms with van der Waals surface area (Å²) >= 11 is 1.06. The molecule has 2 atom stereocenters. The Bertz CT molecular complexity index is 886. The summed E-state index contributed by atoms with van der Waals surface area (Å²) in [6.07, 6.45) is -4.48. The number of hydrogen-bond acceptors (Lipinski definition) is 5. The Kier molecular flexibility index (Phi) is 3.95. The third-order valence-electron chi connectivity index (χ3n) is 3.81. The third-order valence-corrected chi connectivity index (χ3v) is 7.52. The molecule has 0 aliphatic carbocycles. The molecule has 2 aromatic heterocycles. The van der Waals surface area contributed by atoms with Crippen molar-refractivity contribution in [1.82, 2.24) is 15.5 Å². The van der Waals surface area contributed by atoms with Crippen molar-refractivity contribution >= 4 is 27.1 Å². The molecule has 11 heteroatoms. The predicted molar refractivity (Wildman–Crippen MR) is 79.4 cm³/mol. The van der Waals surface area contributed by atoms with Crippen molar-refractivity contribution in [3.63, 3.8) is 0 Å². The number of halogens is 3. The Hall–Kier alpha value is -1.88. The number of alkyl halides is 3. The van der Waals surface area contributed by atoms with Crippen molar-refractivity contribution in [2.24, 2.45) is 0 Å². The minimum atomic E-state index is -4.63. The van der Waals surface area contributed by atoms with Crippen LogP contribution < -0.4 is 5.32 Å². The minimum Gasteiger partial charge on any atom is -0.344 e. The van der Waals surface area contributed by atoms with E-state index < -0.39 is 44.6 Å². The number of thiophene rings is 1. The first-order valence-corrected chi connectivity index (χ1v) is 9.28. The van der Waals surface area contributed by atoms with Gasteiger partial charge in [0, 0.05) is 11.6 Å². The molecule has 0 aromatic carbocycles. The van der Waals surface area contributed by atoms with Crippen LogP contribution >= 0.6 is 11.3 Å². The second kappa shape index (κ2) is 5.59. The molecular formula is C13H12F3N3O3S2. The average molecular weight is 379 g/mol. The van der Waals surface area contributed by atoms with Crippen LogP contribution in [0.4, 0.5) is 13.2 Å². The summed E-state index contributed by atoms with van der Waals surface area (Å²) in [5.74, 6) is -0.796. The van der Waals surface area contributed by atoms with Crippen LogP contribution in [0, 0.1) is 0 Å². The molecular weight excluding hydrogens is 367 g/mol. The summed E-state index contributed by atoms with van der Waals surface area (Å²) < 4.78 is 62.3. The van der Waals surface area contributed by atoms with E-state index in [9.17, 15) is 26.4 Å². The normalized spacial score (nSPS) is 22.8. The molecule has 0 fully saturated rings. The predicted octanol–water partition coefficient (Wildman–Crippen LogP) is 2.53.